The van der Waals surface area contributed by atoms with Crippen LogP contribution in [-0.4, -0.2) is 39.3 Å². The van der Waals surface area contributed by atoms with E-state index in [-0.39, 0.29) is 0 Å². The van der Waals surface area contributed by atoms with Crippen LogP contribution in [-0.2, 0) is 0 Å². The van der Waals surface area contributed by atoms with E-state index < -0.39 is 0 Å². The number of hydrogen-bond donors (Lipinski definition) is 0. The Morgan fingerprint density at radius 2 is 0.447 bits per heavy atom. The molecule has 0 saturated heterocycles. The standard InChI is InChI=1S/C72H72N4/c1-7-73(8-2)67-45-31-58(32-46-67)20-19-55-25-33-61(34-26-55)64-39-47-68(48-40-64)76(69-49-41-65(42-50-69)62-35-27-56(28-36-62)21-23-59-15-13-17-71(53-59)74(9-3)10-4)70-51-43-66(44-52-70)63-37-29-57(30-38-63)22-24-60-16-14-18-72(54-60)75(11-5)12-6/h13-54H,7-12H2,1-6H3. The molecule has 0 N–H and O–H groups in total. The third-order valence-corrected chi connectivity index (χ3v) is 14.5. The van der Waals surface area contributed by atoms with E-state index in [1.165, 1.54) is 83.8 Å². The Bertz CT molecular complexity index is 3170. The summed E-state index contributed by atoms with van der Waals surface area (Å²) in [4.78, 5) is 9.48. The number of anilines is 6. The van der Waals surface area contributed by atoms with Crippen molar-refractivity contribution >= 4 is 70.6 Å². The molecule has 0 radical (unpaired) electrons. The molecule has 4 heteroatoms. The van der Waals surface area contributed by atoms with Crippen molar-refractivity contribution in [1.29, 1.82) is 0 Å². The Hall–Kier alpha value is -8.60. The molecule has 9 aromatic rings. The fourth-order valence-electron chi connectivity index (χ4n) is 10.0. The van der Waals surface area contributed by atoms with Gasteiger partial charge < -0.3 is 19.6 Å². The van der Waals surface area contributed by atoms with Crippen molar-refractivity contribution in [3.05, 3.63) is 252 Å². The molecule has 0 aromatic heterocycles. The lowest BCUT2D eigenvalue weighted by atomic mass is 10.0. The van der Waals surface area contributed by atoms with E-state index in [0.717, 1.165) is 56.3 Å². The van der Waals surface area contributed by atoms with Crippen LogP contribution in [0.5, 0.6) is 0 Å². The minimum absolute atomic E-state index is 0.997. The zero-order valence-electron chi connectivity index (χ0n) is 45.3. The van der Waals surface area contributed by atoms with Crippen LogP contribution < -0.4 is 19.6 Å². The normalized spacial score (nSPS) is 11.4. The van der Waals surface area contributed by atoms with Gasteiger partial charge in [-0.1, -0.05) is 182 Å². The Balaban J connectivity index is 0.938. The van der Waals surface area contributed by atoms with Gasteiger partial charge in [-0.3, -0.25) is 0 Å². The molecular weight excluding hydrogens is 921 g/mol. The number of nitrogens with zero attached hydrogens (tertiary/aromatic N) is 4. The second-order valence-corrected chi connectivity index (χ2v) is 19.1. The first-order chi connectivity index (χ1) is 37.3. The van der Waals surface area contributed by atoms with Gasteiger partial charge >= 0.3 is 0 Å². The molecular formula is C72H72N4. The SMILES string of the molecule is CCN(CC)c1ccc(C=Cc2ccc(-c3ccc(N(c4ccc(-c5ccc(C=Cc6cccc(N(CC)CC)c6)cc5)cc4)c4ccc(-c5ccc(C=Cc6cccc(N(CC)CC)c6)cc5)cc4)cc3)cc2)cc1. The smallest absolute Gasteiger partial charge is 0.0462 e. The Morgan fingerprint density at radius 3 is 0.724 bits per heavy atom. The Morgan fingerprint density at radius 1 is 0.224 bits per heavy atom. The topological polar surface area (TPSA) is 13.0 Å². The van der Waals surface area contributed by atoms with Gasteiger partial charge in [-0.05, 0) is 181 Å². The number of rotatable bonds is 21. The van der Waals surface area contributed by atoms with Crippen LogP contribution in [0.4, 0.5) is 34.1 Å². The van der Waals surface area contributed by atoms with Gasteiger partial charge in [0.25, 0.3) is 0 Å². The first-order valence-corrected chi connectivity index (χ1v) is 27.4. The second kappa shape index (κ2) is 25.6. The summed E-state index contributed by atoms with van der Waals surface area (Å²) in [6.07, 6.45) is 13.2. The summed E-state index contributed by atoms with van der Waals surface area (Å²) in [7, 11) is 0. The summed E-state index contributed by atoms with van der Waals surface area (Å²) in [6.45, 7) is 19.2. The van der Waals surface area contributed by atoms with Crippen molar-refractivity contribution < 1.29 is 0 Å². The molecule has 0 bridgehead atoms. The molecule has 0 saturated carbocycles. The van der Waals surface area contributed by atoms with Crippen LogP contribution in [0, 0.1) is 0 Å². The summed E-state index contributed by atoms with van der Waals surface area (Å²) >= 11 is 0. The van der Waals surface area contributed by atoms with Gasteiger partial charge in [0, 0.05) is 73.4 Å². The van der Waals surface area contributed by atoms with Gasteiger partial charge in [0.1, 0.15) is 0 Å². The molecule has 0 atom stereocenters. The van der Waals surface area contributed by atoms with Crippen molar-refractivity contribution in [2.75, 3.05) is 58.9 Å². The summed E-state index contributed by atoms with van der Waals surface area (Å²) in [5.74, 6) is 0. The van der Waals surface area contributed by atoms with E-state index in [1.807, 2.05) is 0 Å². The molecule has 0 heterocycles. The summed E-state index contributed by atoms with van der Waals surface area (Å²) < 4.78 is 0. The fraction of sp³-hybridized carbons (Fsp3) is 0.167. The zero-order chi connectivity index (χ0) is 52.6. The number of benzene rings is 9. The quantitative estimate of drug-likeness (QED) is 0.0665. The molecule has 380 valence electrons. The van der Waals surface area contributed by atoms with Crippen molar-refractivity contribution in [2.45, 2.75) is 41.5 Å². The van der Waals surface area contributed by atoms with E-state index in [2.05, 4.69) is 316 Å². The predicted molar refractivity (Wildman–Crippen MR) is 334 cm³/mol. The van der Waals surface area contributed by atoms with Gasteiger partial charge in [-0.2, -0.15) is 0 Å². The van der Waals surface area contributed by atoms with Crippen molar-refractivity contribution in [3.63, 3.8) is 0 Å². The maximum Gasteiger partial charge on any atom is 0.0462 e. The van der Waals surface area contributed by atoms with Gasteiger partial charge in [0.15, 0.2) is 0 Å². The first kappa shape index (κ1) is 52.3. The van der Waals surface area contributed by atoms with E-state index >= 15 is 0 Å². The highest BCUT2D eigenvalue weighted by atomic mass is 15.1. The van der Waals surface area contributed by atoms with Crippen LogP contribution in [0.1, 0.15) is 74.9 Å². The lowest BCUT2D eigenvalue weighted by molar-refractivity contribution is 0.866. The van der Waals surface area contributed by atoms with Crippen LogP contribution in [0.3, 0.4) is 0 Å². The predicted octanol–water partition coefficient (Wildman–Crippen LogP) is 19.2. The zero-order valence-corrected chi connectivity index (χ0v) is 45.3. The Kier molecular flexibility index (Phi) is 17.6. The summed E-state index contributed by atoms with van der Waals surface area (Å²) in [6, 6.07) is 79.8. The number of hydrogen-bond acceptors (Lipinski definition) is 4. The van der Waals surface area contributed by atoms with E-state index in [1.54, 1.807) is 0 Å². The second-order valence-electron chi connectivity index (χ2n) is 19.1. The highest BCUT2D eigenvalue weighted by Gasteiger charge is 2.15. The van der Waals surface area contributed by atoms with Crippen molar-refractivity contribution in [1.82, 2.24) is 0 Å². The highest BCUT2D eigenvalue weighted by molar-refractivity contribution is 5.82. The molecule has 0 unspecified atom stereocenters. The monoisotopic (exact) mass is 993 g/mol. The molecule has 9 aromatic carbocycles. The van der Waals surface area contributed by atoms with Crippen molar-refractivity contribution in [2.24, 2.45) is 0 Å². The van der Waals surface area contributed by atoms with Gasteiger partial charge in [-0.15, -0.1) is 0 Å². The fourth-order valence-corrected chi connectivity index (χ4v) is 10.0. The van der Waals surface area contributed by atoms with Crippen LogP contribution in [0.2, 0.25) is 0 Å². The first-order valence-electron chi connectivity index (χ1n) is 27.4. The third kappa shape index (κ3) is 13.0. The van der Waals surface area contributed by atoms with Crippen molar-refractivity contribution in [3.8, 4) is 33.4 Å². The average molecular weight is 993 g/mol. The van der Waals surface area contributed by atoms with E-state index in [9.17, 15) is 0 Å². The maximum absolute atomic E-state index is 2.38. The van der Waals surface area contributed by atoms with Crippen LogP contribution in [0.25, 0.3) is 69.8 Å². The van der Waals surface area contributed by atoms with Crippen LogP contribution in [0.15, 0.2) is 218 Å². The molecule has 0 aliphatic carbocycles. The largest absolute Gasteiger partial charge is 0.372 e. The maximum atomic E-state index is 2.38. The molecule has 0 aliphatic heterocycles. The third-order valence-electron chi connectivity index (χ3n) is 14.5. The van der Waals surface area contributed by atoms with E-state index in [4.69, 9.17) is 0 Å². The lowest BCUT2D eigenvalue weighted by Gasteiger charge is -2.26. The van der Waals surface area contributed by atoms with Gasteiger partial charge in [-0.25, -0.2) is 0 Å². The molecule has 0 amide bonds. The molecule has 0 fully saturated rings. The van der Waals surface area contributed by atoms with Gasteiger partial charge in [0.05, 0.1) is 0 Å². The van der Waals surface area contributed by atoms with Crippen LogP contribution >= 0.6 is 0 Å². The minimum atomic E-state index is 0.997. The molecule has 9 rings (SSSR count). The lowest BCUT2D eigenvalue weighted by Crippen LogP contribution is -2.21. The molecule has 0 spiro atoms. The molecule has 0 aliphatic rings. The van der Waals surface area contributed by atoms with Gasteiger partial charge in [0.2, 0.25) is 0 Å². The molecule has 76 heavy (non-hydrogen) atoms. The molecule has 4 nitrogen and oxygen atoms in total. The summed E-state index contributed by atoms with van der Waals surface area (Å²) in [5.41, 5.74) is 21.3. The highest BCUT2D eigenvalue weighted by Crippen LogP contribution is 2.38. The minimum Gasteiger partial charge on any atom is -0.372 e. The van der Waals surface area contributed by atoms with E-state index in [0.29, 0.717) is 0 Å². The average Bonchev–Trinajstić information content (AvgIpc) is 3.49. The summed E-state index contributed by atoms with van der Waals surface area (Å²) in [5, 5.41) is 0. The Labute approximate surface area is 453 Å².